The maximum atomic E-state index is 12.7. The Morgan fingerprint density at radius 3 is 2.25 bits per heavy atom. The first kappa shape index (κ1) is 23.4. The van der Waals surface area contributed by atoms with E-state index in [4.69, 9.17) is 14.2 Å². The Kier molecular flexibility index (Phi) is 7.94. The van der Waals surface area contributed by atoms with Crippen molar-refractivity contribution in [3.05, 3.63) is 42.0 Å². The number of likely N-dealkylation sites (tertiary alicyclic amines) is 1. The number of amides is 2. The summed E-state index contributed by atoms with van der Waals surface area (Å²) in [5.74, 6) is 1.61. The molecule has 8 heteroatoms. The number of benzene rings is 2. The van der Waals surface area contributed by atoms with E-state index >= 15 is 0 Å². The monoisotopic (exact) mass is 441 g/mol. The second-order valence-corrected chi connectivity index (χ2v) is 7.86. The molecule has 1 aliphatic rings. The van der Waals surface area contributed by atoms with Gasteiger partial charge in [0, 0.05) is 17.7 Å². The Morgan fingerprint density at radius 2 is 1.59 bits per heavy atom. The van der Waals surface area contributed by atoms with E-state index in [0.717, 1.165) is 5.56 Å². The van der Waals surface area contributed by atoms with Crippen LogP contribution >= 0.6 is 0 Å². The number of aryl methyl sites for hydroxylation is 1. The van der Waals surface area contributed by atoms with E-state index < -0.39 is 0 Å². The largest absolute Gasteiger partial charge is 0.495 e. The molecule has 2 aromatic carbocycles. The van der Waals surface area contributed by atoms with Crippen LogP contribution in [0.2, 0.25) is 0 Å². The maximum Gasteiger partial charge on any atom is 0.238 e. The molecule has 0 spiro atoms. The lowest BCUT2D eigenvalue weighted by Crippen LogP contribution is -2.41. The first-order chi connectivity index (χ1) is 15.4. The molecule has 0 aliphatic carbocycles. The number of hydrogen-bond donors (Lipinski definition) is 2. The van der Waals surface area contributed by atoms with Gasteiger partial charge in [-0.1, -0.05) is 6.07 Å². The molecule has 0 unspecified atom stereocenters. The van der Waals surface area contributed by atoms with Gasteiger partial charge in [-0.3, -0.25) is 14.5 Å². The van der Waals surface area contributed by atoms with Gasteiger partial charge in [0.05, 0.1) is 33.6 Å². The van der Waals surface area contributed by atoms with Crippen molar-refractivity contribution in [2.75, 3.05) is 51.6 Å². The molecule has 0 aromatic heterocycles. The summed E-state index contributed by atoms with van der Waals surface area (Å²) >= 11 is 0. The number of methoxy groups -OCH3 is 3. The Hall–Kier alpha value is -3.26. The van der Waals surface area contributed by atoms with Gasteiger partial charge < -0.3 is 24.8 Å². The fourth-order valence-electron chi connectivity index (χ4n) is 3.81. The summed E-state index contributed by atoms with van der Waals surface area (Å²) < 4.78 is 15.9. The third-order valence-corrected chi connectivity index (χ3v) is 5.61. The molecule has 1 aliphatic heterocycles. The molecule has 1 fully saturated rings. The van der Waals surface area contributed by atoms with Gasteiger partial charge in [0.1, 0.15) is 5.75 Å². The zero-order valence-electron chi connectivity index (χ0n) is 19.1. The number of piperidine rings is 1. The average Bonchev–Trinajstić information content (AvgIpc) is 2.80. The summed E-state index contributed by atoms with van der Waals surface area (Å²) in [6.45, 7) is 3.62. The highest BCUT2D eigenvalue weighted by Crippen LogP contribution is 2.30. The highest BCUT2D eigenvalue weighted by Gasteiger charge is 2.26. The quantitative estimate of drug-likeness (QED) is 0.653. The first-order valence-corrected chi connectivity index (χ1v) is 10.6. The van der Waals surface area contributed by atoms with Gasteiger partial charge >= 0.3 is 0 Å². The van der Waals surface area contributed by atoms with Crippen LogP contribution in [-0.2, 0) is 9.59 Å². The Morgan fingerprint density at radius 1 is 0.906 bits per heavy atom. The number of rotatable bonds is 8. The summed E-state index contributed by atoms with van der Waals surface area (Å²) in [6, 6.07) is 11.0. The zero-order valence-corrected chi connectivity index (χ0v) is 19.1. The molecular formula is C24H31N3O5. The molecule has 0 bridgehead atoms. The zero-order chi connectivity index (χ0) is 23.1. The number of nitrogens with zero attached hydrogens (tertiary/aromatic N) is 1. The van der Waals surface area contributed by atoms with Gasteiger partial charge in [0.25, 0.3) is 0 Å². The summed E-state index contributed by atoms with van der Waals surface area (Å²) in [5.41, 5.74) is 2.40. The van der Waals surface area contributed by atoms with Gasteiger partial charge in [-0.2, -0.15) is 0 Å². The van der Waals surface area contributed by atoms with E-state index in [1.807, 2.05) is 25.1 Å². The van der Waals surface area contributed by atoms with E-state index in [-0.39, 0.29) is 24.3 Å². The summed E-state index contributed by atoms with van der Waals surface area (Å²) in [5, 5.41) is 5.87. The molecule has 1 heterocycles. The number of hydrogen-bond acceptors (Lipinski definition) is 6. The molecule has 8 nitrogen and oxygen atoms in total. The van der Waals surface area contributed by atoms with Crippen LogP contribution in [-0.4, -0.2) is 57.7 Å². The molecule has 0 saturated carbocycles. The van der Waals surface area contributed by atoms with Crippen molar-refractivity contribution in [2.45, 2.75) is 19.8 Å². The number of carbonyl (C=O) groups is 2. The maximum absolute atomic E-state index is 12.7. The van der Waals surface area contributed by atoms with Crippen molar-refractivity contribution in [3.8, 4) is 17.2 Å². The second kappa shape index (κ2) is 10.9. The van der Waals surface area contributed by atoms with E-state index in [2.05, 4.69) is 15.5 Å². The molecule has 3 rings (SSSR count). The fraction of sp³-hybridized carbons (Fsp3) is 0.417. The van der Waals surface area contributed by atoms with Gasteiger partial charge in [-0.15, -0.1) is 0 Å². The van der Waals surface area contributed by atoms with Crippen LogP contribution in [0, 0.1) is 12.8 Å². The van der Waals surface area contributed by atoms with Crippen LogP contribution in [0.15, 0.2) is 36.4 Å². The predicted octanol–water partition coefficient (Wildman–Crippen LogP) is 3.31. The highest BCUT2D eigenvalue weighted by atomic mass is 16.5. The molecule has 0 atom stereocenters. The lowest BCUT2D eigenvalue weighted by atomic mass is 9.95. The molecule has 32 heavy (non-hydrogen) atoms. The Bertz CT molecular complexity index is 955. The summed E-state index contributed by atoms with van der Waals surface area (Å²) in [7, 11) is 4.71. The first-order valence-electron chi connectivity index (χ1n) is 10.6. The van der Waals surface area contributed by atoms with Crippen molar-refractivity contribution in [3.63, 3.8) is 0 Å². The summed E-state index contributed by atoms with van der Waals surface area (Å²) in [6.07, 6.45) is 1.40. The van der Waals surface area contributed by atoms with E-state index in [9.17, 15) is 9.59 Å². The van der Waals surface area contributed by atoms with E-state index in [1.54, 1.807) is 39.5 Å². The number of ether oxygens (including phenoxy) is 3. The van der Waals surface area contributed by atoms with Crippen LogP contribution in [0.1, 0.15) is 18.4 Å². The van der Waals surface area contributed by atoms with Crippen LogP contribution in [0.5, 0.6) is 17.2 Å². The molecule has 2 N–H and O–H groups in total. The standard InChI is InChI=1S/C24H31N3O5/c1-16-5-7-19(21(13-16)31-3)26-24(29)17-9-11-27(12-10-17)15-23(28)25-18-6-8-20(30-2)22(14-18)32-4/h5-8,13-14,17H,9-12,15H2,1-4H3,(H,25,28)(H,26,29). The highest BCUT2D eigenvalue weighted by molar-refractivity contribution is 5.94. The summed E-state index contributed by atoms with van der Waals surface area (Å²) in [4.78, 5) is 27.2. The van der Waals surface area contributed by atoms with Crippen molar-refractivity contribution >= 4 is 23.2 Å². The molecule has 2 aromatic rings. The normalized spacial score (nSPS) is 14.5. The minimum atomic E-state index is -0.107. The smallest absolute Gasteiger partial charge is 0.238 e. The van der Waals surface area contributed by atoms with Gasteiger partial charge in [-0.25, -0.2) is 0 Å². The minimum Gasteiger partial charge on any atom is -0.495 e. The number of anilines is 2. The molecular weight excluding hydrogens is 410 g/mol. The van der Waals surface area contributed by atoms with Crippen LogP contribution in [0.25, 0.3) is 0 Å². The lowest BCUT2D eigenvalue weighted by molar-refractivity contribution is -0.121. The SMILES string of the molecule is COc1cc(C)ccc1NC(=O)C1CCN(CC(=O)Nc2ccc(OC)c(OC)c2)CC1. The second-order valence-electron chi connectivity index (χ2n) is 7.86. The molecule has 0 radical (unpaired) electrons. The van der Waals surface area contributed by atoms with Crippen LogP contribution in [0.3, 0.4) is 0 Å². The Labute approximate surface area is 188 Å². The van der Waals surface area contributed by atoms with Gasteiger partial charge in [0.15, 0.2) is 11.5 Å². The van der Waals surface area contributed by atoms with Crippen molar-refractivity contribution in [1.29, 1.82) is 0 Å². The van der Waals surface area contributed by atoms with E-state index in [0.29, 0.717) is 54.6 Å². The van der Waals surface area contributed by atoms with Crippen molar-refractivity contribution < 1.29 is 23.8 Å². The Balaban J connectivity index is 1.48. The van der Waals surface area contributed by atoms with Crippen LogP contribution < -0.4 is 24.8 Å². The molecule has 1 saturated heterocycles. The third kappa shape index (κ3) is 5.91. The van der Waals surface area contributed by atoms with Gasteiger partial charge in [-0.05, 0) is 62.7 Å². The van der Waals surface area contributed by atoms with Crippen molar-refractivity contribution in [1.82, 2.24) is 4.90 Å². The average molecular weight is 442 g/mol. The topological polar surface area (TPSA) is 89.1 Å². The lowest BCUT2D eigenvalue weighted by Gasteiger charge is -2.30. The predicted molar refractivity (Wildman–Crippen MR) is 124 cm³/mol. The van der Waals surface area contributed by atoms with Gasteiger partial charge in [0.2, 0.25) is 11.8 Å². The number of carbonyl (C=O) groups excluding carboxylic acids is 2. The minimum absolute atomic E-state index is 0.0124. The third-order valence-electron chi connectivity index (χ3n) is 5.61. The van der Waals surface area contributed by atoms with Crippen LogP contribution in [0.4, 0.5) is 11.4 Å². The molecule has 2 amide bonds. The van der Waals surface area contributed by atoms with Crippen molar-refractivity contribution in [2.24, 2.45) is 5.92 Å². The number of nitrogens with one attached hydrogen (secondary N) is 2. The molecule has 172 valence electrons. The van der Waals surface area contributed by atoms with E-state index in [1.165, 1.54) is 0 Å². The fourth-order valence-corrected chi connectivity index (χ4v) is 3.81.